The number of carbonyl (C=O) groups is 1. The molecule has 1 aliphatic heterocycles. The van der Waals surface area contributed by atoms with Gasteiger partial charge in [-0.25, -0.2) is 0 Å². The standard InChI is InChI=1S/C15H18F3NO2S/c16-15(17,18)12-4-1-5-13(7-12)22-10-14(21)19-6-2-3-11(8-19)9-20/h1,4-5,7,11,20H,2-3,6,8-10H2. The molecule has 2 rings (SSSR count). The molecule has 1 N–H and O–H groups in total. The summed E-state index contributed by atoms with van der Waals surface area (Å²) in [5, 5.41) is 9.16. The zero-order valence-electron chi connectivity index (χ0n) is 12.0. The Morgan fingerprint density at radius 3 is 2.86 bits per heavy atom. The number of nitrogens with zero attached hydrogens (tertiary/aromatic N) is 1. The summed E-state index contributed by atoms with van der Waals surface area (Å²) in [6, 6.07) is 4.99. The predicted octanol–water partition coefficient (Wildman–Crippen LogP) is 3.03. The van der Waals surface area contributed by atoms with E-state index >= 15 is 0 Å². The van der Waals surface area contributed by atoms with Crippen molar-refractivity contribution >= 4 is 17.7 Å². The molecule has 122 valence electrons. The Kier molecular flexibility index (Phi) is 5.74. The molecule has 1 heterocycles. The van der Waals surface area contributed by atoms with Gasteiger partial charge in [-0.1, -0.05) is 6.07 Å². The minimum atomic E-state index is -4.37. The molecule has 0 aliphatic carbocycles. The highest BCUT2D eigenvalue weighted by atomic mass is 32.2. The van der Waals surface area contributed by atoms with Gasteiger partial charge in [0.25, 0.3) is 0 Å². The van der Waals surface area contributed by atoms with Gasteiger partial charge in [0.15, 0.2) is 0 Å². The number of benzene rings is 1. The molecule has 1 aromatic rings. The number of rotatable bonds is 4. The Bertz CT molecular complexity index is 522. The summed E-state index contributed by atoms with van der Waals surface area (Å²) >= 11 is 1.11. The van der Waals surface area contributed by atoms with E-state index in [0.717, 1.165) is 36.7 Å². The van der Waals surface area contributed by atoms with Crippen molar-refractivity contribution in [2.45, 2.75) is 23.9 Å². The van der Waals surface area contributed by atoms with Crippen molar-refractivity contribution in [3.8, 4) is 0 Å². The van der Waals surface area contributed by atoms with Crippen molar-refractivity contribution in [2.75, 3.05) is 25.4 Å². The van der Waals surface area contributed by atoms with E-state index in [-0.39, 0.29) is 24.2 Å². The molecule has 1 atom stereocenters. The van der Waals surface area contributed by atoms with E-state index in [2.05, 4.69) is 0 Å². The molecule has 7 heteroatoms. The number of amides is 1. The van der Waals surface area contributed by atoms with Gasteiger partial charge in [0.2, 0.25) is 5.91 Å². The van der Waals surface area contributed by atoms with Gasteiger partial charge in [-0.2, -0.15) is 13.2 Å². The zero-order chi connectivity index (χ0) is 16.2. The lowest BCUT2D eigenvalue weighted by Gasteiger charge is -2.31. The summed E-state index contributed by atoms with van der Waals surface area (Å²) in [6.45, 7) is 1.24. The average Bonchev–Trinajstić information content (AvgIpc) is 2.52. The summed E-state index contributed by atoms with van der Waals surface area (Å²) in [7, 11) is 0. The molecule has 22 heavy (non-hydrogen) atoms. The molecule has 0 radical (unpaired) electrons. The van der Waals surface area contributed by atoms with Crippen LogP contribution in [-0.2, 0) is 11.0 Å². The highest BCUT2D eigenvalue weighted by Crippen LogP contribution is 2.32. The number of carbonyl (C=O) groups excluding carboxylic acids is 1. The van der Waals surface area contributed by atoms with Crippen molar-refractivity contribution in [1.82, 2.24) is 4.90 Å². The van der Waals surface area contributed by atoms with Crippen molar-refractivity contribution in [3.05, 3.63) is 29.8 Å². The van der Waals surface area contributed by atoms with Crippen LogP contribution in [0.15, 0.2) is 29.2 Å². The van der Waals surface area contributed by atoms with Crippen molar-refractivity contribution in [3.63, 3.8) is 0 Å². The molecule has 1 aromatic carbocycles. The number of alkyl halides is 3. The Balaban J connectivity index is 1.91. The lowest BCUT2D eigenvalue weighted by Crippen LogP contribution is -2.41. The fourth-order valence-corrected chi connectivity index (χ4v) is 3.30. The average molecular weight is 333 g/mol. The number of likely N-dealkylation sites (tertiary alicyclic amines) is 1. The number of thioether (sulfide) groups is 1. The molecule has 0 aromatic heterocycles. The number of aliphatic hydroxyl groups is 1. The van der Waals surface area contributed by atoms with E-state index in [1.54, 1.807) is 11.0 Å². The van der Waals surface area contributed by atoms with E-state index in [4.69, 9.17) is 5.11 Å². The molecule has 0 spiro atoms. The molecule has 1 saturated heterocycles. The summed E-state index contributed by atoms with van der Waals surface area (Å²) in [6.07, 6.45) is -2.62. The Morgan fingerprint density at radius 1 is 1.41 bits per heavy atom. The third kappa shape index (κ3) is 4.64. The monoisotopic (exact) mass is 333 g/mol. The maximum atomic E-state index is 12.6. The second kappa shape index (κ2) is 7.37. The topological polar surface area (TPSA) is 40.5 Å². The first kappa shape index (κ1) is 17.1. The summed E-state index contributed by atoms with van der Waals surface area (Å²) in [4.78, 5) is 14.2. The summed E-state index contributed by atoms with van der Waals surface area (Å²) in [5.41, 5.74) is -0.705. The number of hydrogen-bond acceptors (Lipinski definition) is 3. The minimum absolute atomic E-state index is 0.0601. The van der Waals surface area contributed by atoms with Gasteiger partial charge in [-0.3, -0.25) is 4.79 Å². The quantitative estimate of drug-likeness (QED) is 0.861. The van der Waals surface area contributed by atoms with Crippen molar-refractivity contribution in [1.29, 1.82) is 0 Å². The summed E-state index contributed by atoms with van der Waals surface area (Å²) in [5.74, 6) is 0.122. The molecule has 1 fully saturated rings. The predicted molar refractivity (Wildman–Crippen MR) is 78.6 cm³/mol. The lowest BCUT2D eigenvalue weighted by atomic mass is 9.99. The van der Waals surface area contributed by atoms with Gasteiger partial charge in [0.05, 0.1) is 11.3 Å². The van der Waals surface area contributed by atoms with Crippen LogP contribution in [0.3, 0.4) is 0 Å². The van der Waals surface area contributed by atoms with Crippen molar-refractivity contribution < 1.29 is 23.1 Å². The van der Waals surface area contributed by atoms with E-state index in [1.807, 2.05) is 0 Å². The molecular weight excluding hydrogens is 315 g/mol. The second-order valence-electron chi connectivity index (χ2n) is 5.34. The van der Waals surface area contributed by atoms with Gasteiger partial charge < -0.3 is 10.0 Å². The molecule has 1 aliphatic rings. The molecule has 1 unspecified atom stereocenters. The van der Waals surface area contributed by atoms with Crippen LogP contribution < -0.4 is 0 Å². The first-order chi connectivity index (χ1) is 10.4. The Hall–Kier alpha value is -1.21. The van der Waals surface area contributed by atoms with Crippen LogP contribution in [0.25, 0.3) is 0 Å². The van der Waals surface area contributed by atoms with Gasteiger partial charge >= 0.3 is 6.18 Å². The third-order valence-electron chi connectivity index (χ3n) is 3.65. The maximum Gasteiger partial charge on any atom is 0.416 e. The highest BCUT2D eigenvalue weighted by molar-refractivity contribution is 8.00. The SMILES string of the molecule is O=C(CSc1cccc(C(F)(F)F)c1)N1CCCC(CO)C1. The van der Waals surface area contributed by atoms with Gasteiger partial charge in [-0.05, 0) is 37.0 Å². The first-order valence-corrected chi connectivity index (χ1v) is 8.07. The van der Waals surface area contributed by atoms with Gasteiger partial charge in [-0.15, -0.1) is 11.8 Å². The highest BCUT2D eigenvalue weighted by Gasteiger charge is 2.30. The maximum absolute atomic E-state index is 12.6. The van der Waals surface area contributed by atoms with E-state index in [1.165, 1.54) is 6.07 Å². The molecule has 0 bridgehead atoms. The van der Waals surface area contributed by atoms with Crippen LogP contribution in [-0.4, -0.2) is 41.4 Å². The molecular formula is C15H18F3NO2S. The van der Waals surface area contributed by atoms with Crippen LogP contribution in [0.4, 0.5) is 13.2 Å². The van der Waals surface area contributed by atoms with E-state index in [0.29, 0.717) is 18.0 Å². The van der Waals surface area contributed by atoms with Crippen molar-refractivity contribution in [2.24, 2.45) is 5.92 Å². The smallest absolute Gasteiger partial charge is 0.396 e. The summed E-state index contributed by atoms with van der Waals surface area (Å²) < 4.78 is 37.9. The van der Waals surface area contributed by atoms with Gasteiger partial charge in [0, 0.05) is 24.6 Å². The largest absolute Gasteiger partial charge is 0.416 e. The zero-order valence-corrected chi connectivity index (χ0v) is 12.8. The number of aliphatic hydroxyl groups excluding tert-OH is 1. The minimum Gasteiger partial charge on any atom is -0.396 e. The Labute approximate surface area is 131 Å². The molecule has 0 saturated carbocycles. The lowest BCUT2D eigenvalue weighted by molar-refractivity contribution is -0.137. The fourth-order valence-electron chi connectivity index (χ4n) is 2.44. The van der Waals surface area contributed by atoms with Crippen LogP contribution in [0.5, 0.6) is 0 Å². The van der Waals surface area contributed by atoms with E-state index in [9.17, 15) is 18.0 Å². The number of hydrogen-bond donors (Lipinski definition) is 1. The molecule has 3 nitrogen and oxygen atoms in total. The molecule has 1 amide bonds. The van der Waals surface area contributed by atoms with E-state index < -0.39 is 11.7 Å². The normalized spacial score (nSPS) is 19.3. The van der Waals surface area contributed by atoms with Crippen LogP contribution in [0.1, 0.15) is 18.4 Å². The number of halogens is 3. The van der Waals surface area contributed by atoms with Gasteiger partial charge in [0.1, 0.15) is 0 Å². The first-order valence-electron chi connectivity index (χ1n) is 7.09. The third-order valence-corrected chi connectivity index (χ3v) is 4.63. The van der Waals surface area contributed by atoms with Crippen LogP contribution in [0, 0.1) is 5.92 Å². The van der Waals surface area contributed by atoms with Crippen LogP contribution >= 0.6 is 11.8 Å². The fraction of sp³-hybridized carbons (Fsp3) is 0.533. The Morgan fingerprint density at radius 2 is 2.18 bits per heavy atom. The second-order valence-corrected chi connectivity index (χ2v) is 6.39. The van der Waals surface area contributed by atoms with Crippen LogP contribution in [0.2, 0.25) is 0 Å². The number of piperidine rings is 1.